The molecule has 0 aromatic carbocycles. The first-order valence-corrected chi connectivity index (χ1v) is 5.58. The molecular weight excluding hydrogens is 180 g/mol. The third-order valence-electron chi connectivity index (χ3n) is 3.90. The van der Waals surface area contributed by atoms with Crippen molar-refractivity contribution < 1.29 is 15.0 Å². The Labute approximate surface area is 84.1 Å². The fraction of sp³-hybridized carbons (Fsp3) is 0.909. The molecule has 2 N–H and O–H groups in total. The zero-order valence-electron chi connectivity index (χ0n) is 8.41. The van der Waals surface area contributed by atoms with Gasteiger partial charge in [0, 0.05) is 5.92 Å². The number of carbonyl (C=O) groups is 1. The molecule has 0 aliphatic heterocycles. The first-order chi connectivity index (χ1) is 6.67. The topological polar surface area (TPSA) is 57.5 Å². The molecule has 0 bridgehead atoms. The van der Waals surface area contributed by atoms with Gasteiger partial charge in [-0.2, -0.15) is 0 Å². The number of hydrogen-bond acceptors (Lipinski definition) is 2. The van der Waals surface area contributed by atoms with Gasteiger partial charge in [0.25, 0.3) is 0 Å². The molecule has 3 nitrogen and oxygen atoms in total. The Morgan fingerprint density at radius 3 is 2.36 bits per heavy atom. The summed E-state index contributed by atoms with van der Waals surface area (Å²) in [6.45, 7) is 0. The van der Waals surface area contributed by atoms with Gasteiger partial charge in [-0.15, -0.1) is 0 Å². The van der Waals surface area contributed by atoms with Gasteiger partial charge in [-0.05, 0) is 25.7 Å². The van der Waals surface area contributed by atoms with E-state index in [1.54, 1.807) is 0 Å². The van der Waals surface area contributed by atoms with E-state index in [0.717, 1.165) is 44.9 Å². The molecular formula is C11H18O3. The number of aliphatic hydroxyl groups is 1. The van der Waals surface area contributed by atoms with Crippen molar-refractivity contribution in [3.63, 3.8) is 0 Å². The SMILES string of the molecule is O=C(O)C1(C2CCCCCC2O)CC1. The third-order valence-corrected chi connectivity index (χ3v) is 3.90. The second-order valence-electron chi connectivity index (χ2n) is 4.77. The summed E-state index contributed by atoms with van der Waals surface area (Å²) >= 11 is 0. The summed E-state index contributed by atoms with van der Waals surface area (Å²) in [7, 11) is 0. The first kappa shape index (κ1) is 9.97. The number of carboxylic acid groups (broad SMARTS) is 1. The predicted molar refractivity (Wildman–Crippen MR) is 51.9 cm³/mol. The van der Waals surface area contributed by atoms with Crippen LogP contribution < -0.4 is 0 Å². The van der Waals surface area contributed by atoms with Gasteiger partial charge in [0.05, 0.1) is 11.5 Å². The highest BCUT2D eigenvalue weighted by Crippen LogP contribution is 2.56. The Balaban J connectivity index is 2.11. The molecule has 0 radical (unpaired) electrons. The van der Waals surface area contributed by atoms with Crippen molar-refractivity contribution in [2.24, 2.45) is 11.3 Å². The summed E-state index contributed by atoms with van der Waals surface area (Å²) in [5.74, 6) is -0.675. The number of aliphatic hydroxyl groups excluding tert-OH is 1. The number of aliphatic carboxylic acids is 1. The molecule has 80 valence electrons. The Hall–Kier alpha value is -0.570. The van der Waals surface area contributed by atoms with Crippen LogP contribution in [0.3, 0.4) is 0 Å². The lowest BCUT2D eigenvalue weighted by molar-refractivity contribution is -0.148. The number of carboxylic acids is 1. The largest absolute Gasteiger partial charge is 0.481 e. The minimum Gasteiger partial charge on any atom is -0.481 e. The standard InChI is InChI=1S/C11H18O3/c12-9-5-3-1-2-4-8(9)11(6-7-11)10(13)14/h8-9,12H,1-7H2,(H,13,14). The first-order valence-electron chi connectivity index (χ1n) is 5.58. The van der Waals surface area contributed by atoms with E-state index in [4.69, 9.17) is 5.11 Å². The maximum Gasteiger partial charge on any atom is 0.310 e. The molecule has 2 unspecified atom stereocenters. The lowest BCUT2D eigenvalue weighted by atomic mass is 9.81. The Kier molecular flexibility index (Phi) is 2.52. The molecule has 2 saturated carbocycles. The Morgan fingerprint density at radius 2 is 1.79 bits per heavy atom. The minimum absolute atomic E-state index is 0.0162. The van der Waals surface area contributed by atoms with E-state index < -0.39 is 11.4 Å². The van der Waals surface area contributed by atoms with Crippen LogP contribution in [-0.4, -0.2) is 22.3 Å². The lowest BCUT2D eigenvalue weighted by Gasteiger charge is -2.26. The van der Waals surface area contributed by atoms with Gasteiger partial charge in [0.2, 0.25) is 0 Å². The molecule has 0 aromatic rings. The van der Waals surface area contributed by atoms with Gasteiger partial charge in [0.1, 0.15) is 0 Å². The summed E-state index contributed by atoms with van der Waals surface area (Å²) in [6.07, 6.45) is 6.12. The molecule has 0 heterocycles. The Morgan fingerprint density at radius 1 is 1.14 bits per heavy atom. The van der Waals surface area contributed by atoms with E-state index in [1.165, 1.54) is 0 Å². The van der Waals surface area contributed by atoms with E-state index in [2.05, 4.69) is 0 Å². The van der Waals surface area contributed by atoms with E-state index in [0.29, 0.717) is 0 Å². The molecule has 2 aliphatic rings. The molecule has 0 saturated heterocycles. The van der Waals surface area contributed by atoms with E-state index in [9.17, 15) is 9.90 Å². The van der Waals surface area contributed by atoms with Crippen molar-refractivity contribution >= 4 is 5.97 Å². The monoisotopic (exact) mass is 198 g/mol. The molecule has 0 spiro atoms. The highest BCUT2D eigenvalue weighted by molar-refractivity contribution is 5.78. The van der Waals surface area contributed by atoms with Crippen molar-refractivity contribution in [3.05, 3.63) is 0 Å². The second-order valence-corrected chi connectivity index (χ2v) is 4.77. The zero-order chi connectivity index (χ0) is 10.2. The molecule has 14 heavy (non-hydrogen) atoms. The van der Waals surface area contributed by atoms with Gasteiger partial charge in [-0.1, -0.05) is 19.3 Å². The lowest BCUT2D eigenvalue weighted by Crippen LogP contribution is -2.33. The fourth-order valence-corrected chi connectivity index (χ4v) is 2.81. The average Bonchev–Trinajstić information content (AvgIpc) is 2.89. The van der Waals surface area contributed by atoms with E-state index in [1.807, 2.05) is 0 Å². The van der Waals surface area contributed by atoms with Gasteiger partial charge in [0.15, 0.2) is 0 Å². The van der Waals surface area contributed by atoms with Gasteiger partial charge < -0.3 is 10.2 Å². The van der Waals surface area contributed by atoms with Crippen LogP contribution in [0.1, 0.15) is 44.9 Å². The molecule has 2 fully saturated rings. The normalized spacial score (nSPS) is 36.1. The van der Waals surface area contributed by atoms with Crippen LogP contribution in [0.5, 0.6) is 0 Å². The molecule has 3 heteroatoms. The van der Waals surface area contributed by atoms with Crippen molar-refractivity contribution in [3.8, 4) is 0 Å². The summed E-state index contributed by atoms with van der Waals surface area (Å²) in [5.41, 5.74) is -0.552. The molecule has 0 aromatic heterocycles. The summed E-state index contributed by atoms with van der Waals surface area (Å²) < 4.78 is 0. The van der Waals surface area contributed by atoms with Gasteiger partial charge >= 0.3 is 5.97 Å². The van der Waals surface area contributed by atoms with Crippen LogP contribution in [0.4, 0.5) is 0 Å². The second kappa shape index (κ2) is 3.54. The number of rotatable bonds is 2. The third kappa shape index (κ3) is 1.54. The van der Waals surface area contributed by atoms with E-state index in [-0.39, 0.29) is 12.0 Å². The van der Waals surface area contributed by atoms with Crippen LogP contribution in [0.15, 0.2) is 0 Å². The van der Waals surface area contributed by atoms with Crippen LogP contribution in [0.2, 0.25) is 0 Å². The Bertz CT molecular complexity index is 233. The van der Waals surface area contributed by atoms with Gasteiger partial charge in [-0.3, -0.25) is 4.79 Å². The quantitative estimate of drug-likeness (QED) is 0.665. The van der Waals surface area contributed by atoms with Crippen LogP contribution >= 0.6 is 0 Å². The van der Waals surface area contributed by atoms with E-state index >= 15 is 0 Å². The van der Waals surface area contributed by atoms with Crippen molar-refractivity contribution in [2.75, 3.05) is 0 Å². The summed E-state index contributed by atoms with van der Waals surface area (Å²) in [4.78, 5) is 11.1. The van der Waals surface area contributed by atoms with Crippen LogP contribution in [-0.2, 0) is 4.79 Å². The number of hydrogen-bond donors (Lipinski definition) is 2. The van der Waals surface area contributed by atoms with Crippen molar-refractivity contribution in [1.82, 2.24) is 0 Å². The fourth-order valence-electron chi connectivity index (χ4n) is 2.81. The molecule has 2 atom stereocenters. The highest BCUT2D eigenvalue weighted by Gasteiger charge is 2.57. The van der Waals surface area contributed by atoms with Gasteiger partial charge in [-0.25, -0.2) is 0 Å². The summed E-state index contributed by atoms with van der Waals surface area (Å²) in [5, 5.41) is 19.1. The summed E-state index contributed by atoms with van der Waals surface area (Å²) in [6, 6.07) is 0. The highest BCUT2D eigenvalue weighted by atomic mass is 16.4. The zero-order valence-corrected chi connectivity index (χ0v) is 8.41. The predicted octanol–water partition coefficient (Wildman–Crippen LogP) is 1.79. The average molecular weight is 198 g/mol. The minimum atomic E-state index is -0.691. The maximum absolute atomic E-state index is 11.1. The van der Waals surface area contributed by atoms with Crippen LogP contribution in [0.25, 0.3) is 0 Å². The maximum atomic E-state index is 11.1. The van der Waals surface area contributed by atoms with Crippen molar-refractivity contribution in [1.29, 1.82) is 0 Å². The molecule has 0 amide bonds. The molecule has 2 aliphatic carbocycles. The molecule has 2 rings (SSSR count). The smallest absolute Gasteiger partial charge is 0.310 e. The van der Waals surface area contributed by atoms with Crippen LogP contribution in [0, 0.1) is 11.3 Å². The van der Waals surface area contributed by atoms with Crippen molar-refractivity contribution in [2.45, 2.75) is 51.0 Å².